The second kappa shape index (κ2) is 11.8. The van der Waals surface area contributed by atoms with Crippen LogP contribution in [0.2, 0.25) is 0 Å². The Kier molecular flexibility index (Phi) is 9.16. The monoisotopic (exact) mass is 540 g/mol. The van der Waals surface area contributed by atoms with Gasteiger partial charge in [-0.05, 0) is 37.0 Å². The number of aliphatic carboxylic acids is 1. The minimum Gasteiger partial charge on any atom is -0.480 e. The van der Waals surface area contributed by atoms with Crippen LogP contribution in [0.25, 0.3) is 0 Å². The highest BCUT2D eigenvalue weighted by molar-refractivity contribution is 5.69. The summed E-state index contributed by atoms with van der Waals surface area (Å²) in [5.74, 6) is -0.905. The van der Waals surface area contributed by atoms with Gasteiger partial charge in [-0.15, -0.1) is 0 Å². The van der Waals surface area contributed by atoms with E-state index in [1.54, 1.807) is 0 Å². The zero-order valence-corrected chi connectivity index (χ0v) is 20.2. The number of carbonyl (C=O) groups excluding carboxylic acids is 1. The van der Waals surface area contributed by atoms with Crippen molar-refractivity contribution in [2.75, 3.05) is 50.7 Å². The van der Waals surface area contributed by atoms with Crippen LogP contribution in [0.15, 0.2) is 18.2 Å². The summed E-state index contributed by atoms with van der Waals surface area (Å²) in [7, 11) is 0. The van der Waals surface area contributed by atoms with E-state index in [1.807, 2.05) is 24.0 Å². The fourth-order valence-electron chi connectivity index (χ4n) is 4.48. The lowest BCUT2D eigenvalue weighted by Crippen LogP contribution is -2.52. The van der Waals surface area contributed by atoms with Gasteiger partial charge in [-0.1, -0.05) is 12.1 Å². The molecule has 3 rings (SSSR count). The Morgan fingerprint density at radius 3 is 2.16 bits per heavy atom. The molecule has 2 saturated heterocycles. The van der Waals surface area contributed by atoms with E-state index in [9.17, 15) is 35.9 Å². The average molecular weight is 541 g/mol. The Labute approximate surface area is 210 Å². The lowest BCUT2D eigenvalue weighted by atomic mass is 10.0. The van der Waals surface area contributed by atoms with Crippen LogP contribution in [0.1, 0.15) is 24.0 Å². The van der Waals surface area contributed by atoms with Gasteiger partial charge in [0.2, 0.25) is 0 Å². The quantitative estimate of drug-likeness (QED) is 0.513. The summed E-state index contributed by atoms with van der Waals surface area (Å²) in [6.45, 7) is 4.20. The van der Waals surface area contributed by atoms with Crippen LogP contribution < -0.4 is 10.2 Å². The lowest BCUT2D eigenvalue weighted by Gasteiger charge is -2.37. The molecule has 0 radical (unpaired) electrons. The number of hydrogen-bond donors (Lipinski definition) is 2. The molecule has 2 aliphatic heterocycles. The standard InChI is InChI=1S/C23H30F6N4O4/c1-15-2-3-16(18(12-15)32-6-4-17(5-7-32)30-13-19(34)35)14-31-8-10-33(11-9-31)21(36)37-20(22(24,25)26)23(27,28)29/h2-3,12,17,20,30H,4-11,13-14H2,1H3,(H,34,35). The topological polar surface area (TPSA) is 85.4 Å². The number of benzene rings is 1. The summed E-state index contributed by atoms with van der Waals surface area (Å²) in [6.07, 6.45) is -15.8. The first-order valence-corrected chi connectivity index (χ1v) is 11.8. The van der Waals surface area contributed by atoms with Gasteiger partial charge in [0.15, 0.2) is 0 Å². The summed E-state index contributed by atoms with van der Waals surface area (Å²) < 4.78 is 80.0. The van der Waals surface area contributed by atoms with Crippen LogP contribution in [-0.4, -0.2) is 97.3 Å². The van der Waals surface area contributed by atoms with Crippen molar-refractivity contribution in [2.24, 2.45) is 0 Å². The molecule has 2 fully saturated rings. The third kappa shape index (κ3) is 8.12. The predicted molar refractivity (Wildman–Crippen MR) is 121 cm³/mol. The number of piperidine rings is 1. The number of rotatable bonds is 7. The van der Waals surface area contributed by atoms with Crippen LogP contribution >= 0.6 is 0 Å². The molecular weight excluding hydrogens is 510 g/mol. The van der Waals surface area contributed by atoms with Crippen LogP contribution in [0.4, 0.5) is 36.8 Å². The number of amides is 1. The second-order valence-corrected chi connectivity index (χ2v) is 9.28. The number of carbonyl (C=O) groups is 2. The molecule has 1 aromatic rings. The molecule has 14 heteroatoms. The predicted octanol–water partition coefficient (Wildman–Crippen LogP) is 3.39. The number of hydrogen-bond acceptors (Lipinski definition) is 6. The zero-order valence-electron chi connectivity index (χ0n) is 20.2. The summed E-state index contributed by atoms with van der Waals surface area (Å²) in [4.78, 5) is 27.9. The fourth-order valence-corrected chi connectivity index (χ4v) is 4.48. The molecule has 0 atom stereocenters. The van der Waals surface area contributed by atoms with Crippen molar-refractivity contribution < 1.29 is 45.8 Å². The van der Waals surface area contributed by atoms with Crippen LogP contribution in [0, 0.1) is 6.92 Å². The molecular formula is C23H30F6N4O4. The van der Waals surface area contributed by atoms with Crippen molar-refractivity contribution in [1.29, 1.82) is 0 Å². The van der Waals surface area contributed by atoms with Gasteiger partial charge in [0.05, 0.1) is 6.54 Å². The molecule has 0 spiro atoms. The van der Waals surface area contributed by atoms with Gasteiger partial charge < -0.3 is 25.0 Å². The largest absolute Gasteiger partial charge is 0.480 e. The Hall–Kier alpha value is -2.74. The Morgan fingerprint density at radius 2 is 1.62 bits per heavy atom. The molecule has 2 heterocycles. The number of halogens is 6. The van der Waals surface area contributed by atoms with Crippen molar-refractivity contribution in [1.82, 2.24) is 15.1 Å². The molecule has 0 bridgehead atoms. The molecule has 8 nitrogen and oxygen atoms in total. The number of nitrogens with zero attached hydrogens (tertiary/aromatic N) is 3. The van der Waals surface area contributed by atoms with Crippen LogP contribution in [0.3, 0.4) is 0 Å². The first-order valence-electron chi connectivity index (χ1n) is 11.8. The Bertz CT molecular complexity index is 928. The number of anilines is 1. The number of alkyl halides is 6. The van der Waals surface area contributed by atoms with Gasteiger partial charge in [-0.2, -0.15) is 26.3 Å². The van der Waals surface area contributed by atoms with Crippen molar-refractivity contribution in [3.05, 3.63) is 29.3 Å². The van der Waals surface area contributed by atoms with Gasteiger partial charge in [0, 0.05) is 57.5 Å². The van der Waals surface area contributed by atoms with E-state index < -0.39 is 30.5 Å². The summed E-state index contributed by atoms with van der Waals surface area (Å²) in [5.41, 5.74) is 3.09. The Balaban J connectivity index is 1.56. The van der Waals surface area contributed by atoms with E-state index in [0.29, 0.717) is 6.54 Å². The second-order valence-electron chi connectivity index (χ2n) is 9.28. The van der Waals surface area contributed by atoms with E-state index in [2.05, 4.69) is 21.0 Å². The van der Waals surface area contributed by atoms with Gasteiger partial charge in [0.25, 0.3) is 6.10 Å². The molecule has 0 saturated carbocycles. The molecule has 0 aromatic heterocycles. The van der Waals surface area contributed by atoms with Crippen molar-refractivity contribution in [2.45, 2.75) is 50.8 Å². The third-order valence-electron chi connectivity index (χ3n) is 6.46. The highest BCUT2D eigenvalue weighted by Crippen LogP contribution is 2.36. The van der Waals surface area contributed by atoms with Gasteiger partial charge in [-0.3, -0.25) is 9.69 Å². The number of aryl methyl sites for hydroxylation is 1. The van der Waals surface area contributed by atoms with E-state index in [-0.39, 0.29) is 38.8 Å². The summed E-state index contributed by atoms with van der Waals surface area (Å²) >= 11 is 0. The van der Waals surface area contributed by atoms with Crippen LogP contribution in [-0.2, 0) is 16.1 Å². The van der Waals surface area contributed by atoms with Gasteiger partial charge >= 0.3 is 24.4 Å². The molecule has 1 amide bonds. The highest BCUT2D eigenvalue weighted by atomic mass is 19.4. The van der Waals surface area contributed by atoms with E-state index in [4.69, 9.17) is 5.11 Å². The molecule has 2 aliphatic rings. The minimum atomic E-state index is -5.75. The number of carboxylic acids is 1. The number of ether oxygens (including phenoxy) is 1. The summed E-state index contributed by atoms with van der Waals surface area (Å²) in [6, 6.07) is 6.12. The van der Waals surface area contributed by atoms with E-state index >= 15 is 0 Å². The SMILES string of the molecule is Cc1ccc(CN2CCN(C(=O)OC(C(F)(F)F)C(F)(F)F)CC2)c(N2CCC(NCC(=O)O)CC2)c1. The minimum absolute atomic E-state index is 0.0664. The molecule has 208 valence electrons. The first-order chi connectivity index (χ1) is 17.2. The maximum Gasteiger partial charge on any atom is 0.434 e. The highest BCUT2D eigenvalue weighted by Gasteiger charge is 2.60. The van der Waals surface area contributed by atoms with Gasteiger partial charge in [0.1, 0.15) is 0 Å². The third-order valence-corrected chi connectivity index (χ3v) is 6.46. The van der Waals surface area contributed by atoms with Crippen molar-refractivity contribution >= 4 is 17.7 Å². The fraction of sp³-hybridized carbons (Fsp3) is 0.652. The summed E-state index contributed by atoms with van der Waals surface area (Å²) in [5, 5.41) is 11.9. The molecule has 37 heavy (non-hydrogen) atoms. The number of piperazine rings is 1. The van der Waals surface area contributed by atoms with E-state index in [1.165, 1.54) is 0 Å². The van der Waals surface area contributed by atoms with E-state index in [0.717, 1.165) is 47.6 Å². The van der Waals surface area contributed by atoms with Gasteiger partial charge in [-0.25, -0.2) is 4.79 Å². The maximum atomic E-state index is 12.7. The number of nitrogens with one attached hydrogen (secondary N) is 1. The van der Waals surface area contributed by atoms with Crippen molar-refractivity contribution in [3.8, 4) is 0 Å². The lowest BCUT2D eigenvalue weighted by molar-refractivity contribution is -0.308. The maximum absolute atomic E-state index is 12.7. The Morgan fingerprint density at radius 1 is 1.03 bits per heavy atom. The normalized spacial score (nSPS) is 18.4. The number of carboxylic acid groups (broad SMARTS) is 1. The average Bonchev–Trinajstić information content (AvgIpc) is 2.81. The molecule has 2 N–H and O–H groups in total. The smallest absolute Gasteiger partial charge is 0.434 e. The first kappa shape index (κ1) is 28.8. The van der Waals surface area contributed by atoms with Crippen LogP contribution in [0.5, 0.6) is 0 Å². The molecule has 1 aromatic carbocycles. The molecule has 0 unspecified atom stereocenters. The zero-order chi connectivity index (χ0) is 27.4. The van der Waals surface area contributed by atoms with Crippen molar-refractivity contribution in [3.63, 3.8) is 0 Å². The molecule has 0 aliphatic carbocycles.